The van der Waals surface area contributed by atoms with Gasteiger partial charge in [-0.25, -0.2) is 4.79 Å². The van der Waals surface area contributed by atoms with Gasteiger partial charge in [0, 0.05) is 24.7 Å². The summed E-state index contributed by atoms with van der Waals surface area (Å²) in [6.45, 7) is 1.42. The lowest BCUT2D eigenvalue weighted by molar-refractivity contribution is -0.147. The lowest BCUT2D eigenvalue weighted by atomic mass is 9.78. The van der Waals surface area contributed by atoms with Gasteiger partial charge in [0.1, 0.15) is 6.10 Å². The topological polar surface area (TPSA) is 76.1 Å². The van der Waals surface area contributed by atoms with Gasteiger partial charge in [0.25, 0.3) is 5.91 Å². The van der Waals surface area contributed by atoms with Crippen molar-refractivity contribution >= 4 is 23.7 Å². The molecule has 2 atom stereocenters. The molecule has 0 spiro atoms. The van der Waals surface area contributed by atoms with Gasteiger partial charge >= 0.3 is 12.1 Å². The second kappa shape index (κ2) is 9.96. The SMILES string of the molecule is COC(=O)C1CCC(OC(=O)N2CCc3cc(C(=O)N4CCCC5CCCC[C@@H]54)ccc32)CC1. The molecule has 2 heterocycles. The molecule has 7 nitrogen and oxygen atoms in total. The number of nitrogens with zero attached hydrogens (tertiary/aromatic N) is 2. The Labute approximate surface area is 201 Å². The van der Waals surface area contributed by atoms with Gasteiger partial charge in [-0.3, -0.25) is 14.5 Å². The highest BCUT2D eigenvalue weighted by Gasteiger charge is 2.37. The number of piperidine rings is 1. The van der Waals surface area contributed by atoms with Crippen LogP contribution >= 0.6 is 0 Å². The van der Waals surface area contributed by atoms with E-state index in [-0.39, 0.29) is 30.0 Å². The molecular formula is C27H36N2O5. The number of methoxy groups -OCH3 is 1. The molecule has 184 valence electrons. The van der Waals surface area contributed by atoms with Crippen LogP contribution in [0.25, 0.3) is 0 Å². The van der Waals surface area contributed by atoms with Crippen molar-refractivity contribution in [2.75, 3.05) is 25.1 Å². The van der Waals surface area contributed by atoms with E-state index in [1.54, 1.807) is 4.90 Å². The summed E-state index contributed by atoms with van der Waals surface area (Å²) in [5.41, 5.74) is 2.62. The Morgan fingerprint density at radius 3 is 2.47 bits per heavy atom. The van der Waals surface area contributed by atoms with Gasteiger partial charge in [-0.15, -0.1) is 0 Å². The maximum Gasteiger partial charge on any atom is 0.414 e. The molecular weight excluding hydrogens is 432 g/mol. The minimum absolute atomic E-state index is 0.0905. The summed E-state index contributed by atoms with van der Waals surface area (Å²) in [6, 6.07) is 6.16. The summed E-state index contributed by atoms with van der Waals surface area (Å²) in [5.74, 6) is 0.538. The number of hydrogen-bond acceptors (Lipinski definition) is 5. The summed E-state index contributed by atoms with van der Waals surface area (Å²) in [4.78, 5) is 41.9. The van der Waals surface area contributed by atoms with Crippen LogP contribution in [0, 0.1) is 11.8 Å². The minimum atomic E-state index is -0.333. The highest BCUT2D eigenvalue weighted by molar-refractivity contribution is 5.97. The third-order valence-corrected chi connectivity index (χ3v) is 8.42. The number of hydrogen-bond donors (Lipinski definition) is 0. The highest BCUT2D eigenvalue weighted by atomic mass is 16.6. The van der Waals surface area contributed by atoms with Crippen molar-refractivity contribution in [3.05, 3.63) is 29.3 Å². The number of rotatable bonds is 3. The number of carbonyl (C=O) groups excluding carboxylic acids is 3. The monoisotopic (exact) mass is 468 g/mol. The predicted octanol–water partition coefficient (Wildman–Crippen LogP) is 4.71. The molecule has 5 rings (SSSR count). The molecule has 34 heavy (non-hydrogen) atoms. The van der Waals surface area contributed by atoms with E-state index in [2.05, 4.69) is 4.90 Å². The number of benzene rings is 1. The molecule has 2 saturated carbocycles. The summed E-state index contributed by atoms with van der Waals surface area (Å²) in [7, 11) is 1.41. The van der Waals surface area contributed by atoms with Crippen LogP contribution in [0.15, 0.2) is 18.2 Å². The lowest BCUT2D eigenvalue weighted by Gasteiger charge is -2.44. The Morgan fingerprint density at radius 1 is 0.912 bits per heavy atom. The summed E-state index contributed by atoms with van der Waals surface area (Å²) in [5, 5.41) is 0. The molecule has 4 aliphatic rings. The smallest absolute Gasteiger partial charge is 0.414 e. The lowest BCUT2D eigenvalue weighted by Crippen LogP contribution is -2.49. The summed E-state index contributed by atoms with van der Waals surface area (Å²) < 4.78 is 10.6. The fourth-order valence-electron chi connectivity index (χ4n) is 6.56. The van der Waals surface area contributed by atoms with Crippen LogP contribution in [0.2, 0.25) is 0 Å². The molecule has 2 aliphatic heterocycles. The molecule has 3 fully saturated rings. The third kappa shape index (κ3) is 4.53. The molecule has 1 saturated heterocycles. The van der Waals surface area contributed by atoms with E-state index >= 15 is 0 Å². The first-order chi connectivity index (χ1) is 16.5. The van der Waals surface area contributed by atoms with Crippen LogP contribution in [-0.2, 0) is 20.7 Å². The normalized spacial score (nSPS) is 28.6. The molecule has 1 unspecified atom stereocenters. The fraction of sp³-hybridized carbons (Fsp3) is 0.667. The van der Waals surface area contributed by atoms with E-state index < -0.39 is 0 Å². The first-order valence-corrected chi connectivity index (χ1v) is 13.0. The number of amides is 2. The van der Waals surface area contributed by atoms with Gasteiger partial charge in [0.2, 0.25) is 0 Å². The van der Waals surface area contributed by atoms with Crippen LogP contribution in [0.4, 0.5) is 10.5 Å². The Bertz CT molecular complexity index is 937. The maximum absolute atomic E-state index is 13.4. The summed E-state index contributed by atoms with van der Waals surface area (Å²) >= 11 is 0. The Morgan fingerprint density at radius 2 is 1.68 bits per heavy atom. The third-order valence-electron chi connectivity index (χ3n) is 8.42. The van der Waals surface area contributed by atoms with E-state index in [1.165, 1.54) is 32.8 Å². The number of ether oxygens (including phenoxy) is 2. The Kier molecular flexibility index (Phi) is 6.79. The van der Waals surface area contributed by atoms with Gasteiger partial charge < -0.3 is 14.4 Å². The zero-order valence-electron chi connectivity index (χ0n) is 20.2. The van der Waals surface area contributed by atoms with Crippen molar-refractivity contribution in [3.8, 4) is 0 Å². The van der Waals surface area contributed by atoms with Gasteiger partial charge in [-0.2, -0.15) is 0 Å². The predicted molar refractivity (Wildman–Crippen MR) is 128 cm³/mol. The molecule has 7 heteroatoms. The molecule has 0 radical (unpaired) electrons. The van der Waals surface area contributed by atoms with Crippen LogP contribution in [0.1, 0.15) is 80.1 Å². The average Bonchev–Trinajstić information content (AvgIpc) is 3.31. The first kappa shape index (κ1) is 23.2. The average molecular weight is 469 g/mol. The number of esters is 1. The van der Waals surface area contributed by atoms with E-state index in [0.717, 1.165) is 42.6 Å². The Balaban J connectivity index is 1.21. The van der Waals surface area contributed by atoms with Gasteiger partial charge in [0.05, 0.1) is 18.7 Å². The van der Waals surface area contributed by atoms with E-state index in [9.17, 15) is 14.4 Å². The minimum Gasteiger partial charge on any atom is -0.469 e. The maximum atomic E-state index is 13.4. The van der Waals surface area contributed by atoms with Crippen LogP contribution in [0.3, 0.4) is 0 Å². The van der Waals surface area contributed by atoms with Crippen molar-refractivity contribution in [3.63, 3.8) is 0 Å². The van der Waals surface area contributed by atoms with E-state index in [4.69, 9.17) is 9.47 Å². The van der Waals surface area contributed by atoms with Crippen molar-refractivity contribution in [1.29, 1.82) is 0 Å². The van der Waals surface area contributed by atoms with Gasteiger partial charge in [-0.05, 0) is 87.5 Å². The van der Waals surface area contributed by atoms with E-state index in [1.807, 2.05) is 18.2 Å². The van der Waals surface area contributed by atoms with Crippen molar-refractivity contribution < 1.29 is 23.9 Å². The standard InChI is InChI=1S/C27H36N2O5/c1-33-26(31)19-8-11-22(12-9-19)34-27(32)29-16-14-20-17-21(10-13-24(20)29)25(30)28-15-4-6-18-5-2-3-7-23(18)28/h10,13,17-19,22-23H,2-9,11-12,14-16H2,1H3/t18?,19?,22?,23-/m0/s1. The number of carbonyl (C=O) groups is 3. The second-order valence-electron chi connectivity index (χ2n) is 10.4. The highest BCUT2D eigenvalue weighted by Crippen LogP contribution is 2.37. The molecule has 0 aromatic heterocycles. The van der Waals surface area contributed by atoms with Crippen LogP contribution < -0.4 is 4.90 Å². The Hall–Kier alpha value is -2.57. The van der Waals surface area contributed by atoms with Crippen molar-refractivity contribution in [2.45, 2.75) is 82.8 Å². The second-order valence-corrected chi connectivity index (χ2v) is 10.4. The van der Waals surface area contributed by atoms with Gasteiger partial charge in [-0.1, -0.05) is 12.8 Å². The quantitative estimate of drug-likeness (QED) is 0.601. The fourth-order valence-corrected chi connectivity index (χ4v) is 6.56. The van der Waals surface area contributed by atoms with Crippen molar-refractivity contribution in [1.82, 2.24) is 4.90 Å². The van der Waals surface area contributed by atoms with Crippen LogP contribution in [-0.4, -0.2) is 55.2 Å². The number of fused-ring (bicyclic) bond motifs is 2. The molecule has 1 aromatic carbocycles. The molecule has 2 amide bonds. The molecule has 2 aliphatic carbocycles. The number of likely N-dealkylation sites (tertiary alicyclic amines) is 1. The molecule has 1 aromatic rings. The zero-order chi connectivity index (χ0) is 23.7. The van der Waals surface area contributed by atoms with Gasteiger partial charge in [0.15, 0.2) is 0 Å². The molecule has 0 N–H and O–H groups in total. The first-order valence-electron chi connectivity index (χ1n) is 13.0. The van der Waals surface area contributed by atoms with E-state index in [0.29, 0.717) is 44.2 Å². The van der Waals surface area contributed by atoms with Crippen LogP contribution in [0.5, 0.6) is 0 Å². The molecule has 0 bridgehead atoms. The zero-order valence-corrected chi connectivity index (χ0v) is 20.2. The van der Waals surface area contributed by atoms with Crippen molar-refractivity contribution in [2.24, 2.45) is 11.8 Å². The summed E-state index contributed by atoms with van der Waals surface area (Å²) in [6.07, 6.45) is 10.2. The largest absolute Gasteiger partial charge is 0.469 e. The number of anilines is 1.